The van der Waals surface area contributed by atoms with Crippen LogP contribution in [-0.4, -0.2) is 49.5 Å². The van der Waals surface area contributed by atoms with Gasteiger partial charge in [0.2, 0.25) is 5.91 Å². The van der Waals surface area contributed by atoms with E-state index >= 15 is 0 Å². The van der Waals surface area contributed by atoms with Crippen LogP contribution in [0.3, 0.4) is 0 Å². The second kappa shape index (κ2) is 6.99. The first-order chi connectivity index (χ1) is 11.5. The molecule has 4 rings (SSSR count). The van der Waals surface area contributed by atoms with Crippen molar-refractivity contribution < 1.29 is 14.3 Å². The second-order valence-electron chi connectivity index (χ2n) is 6.43. The summed E-state index contributed by atoms with van der Waals surface area (Å²) in [5.41, 5.74) is 0.813. The molecule has 3 aliphatic heterocycles. The highest BCUT2D eigenvalue weighted by Gasteiger charge is 2.35. The van der Waals surface area contributed by atoms with E-state index in [1.807, 2.05) is 0 Å². The van der Waals surface area contributed by atoms with Crippen LogP contribution in [0.2, 0.25) is 5.02 Å². The summed E-state index contributed by atoms with van der Waals surface area (Å²) >= 11 is 6.19. The molecule has 2 bridgehead atoms. The zero-order valence-corrected chi connectivity index (χ0v) is 14.7. The molecule has 3 heterocycles. The number of anilines is 1. The van der Waals surface area contributed by atoms with E-state index < -0.39 is 0 Å². The lowest BCUT2D eigenvalue weighted by atomic mass is 9.84. The second-order valence-corrected chi connectivity index (χ2v) is 6.84. The fourth-order valence-corrected chi connectivity index (χ4v) is 3.77. The van der Waals surface area contributed by atoms with Crippen molar-refractivity contribution in [3.05, 3.63) is 22.7 Å². The molecule has 1 aromatic carbocycles. The molecular formula is C17H22ClN3O3. The molecule has 2 N–H and O–H groups in total. The van der Waals surface area contributed by atoms with Gasteiger partial charge in [0.25, 0.3) is 5.91 Å². The molecular weight excluding hydrogens is 330 g/mol. The highest BCUT2D eigenvalue weighted by molar-refractivity contribution is 6.34. The maximum atomic E-state index is 12.7. The molecule has 130 valence electrons. The van der Waals surface area contributed by atoms with Gasteiger partial charge in [-0.2, -0.15) is 0 Å². The number of hydrogen-bond acceptors (Lipinski definition) is 4. The highest BCUT2D eigenvalue weighted by Crippen LogP contribution is 2.32. The first kappa shape index (κ1) is 17.0. The van der Waals surface area contributed by atoms with Crippen molar-refractivity contribution in [3.63, 3.8) is 0 Å². The Morgan fingerprint density at radius 1 is 1.29 bits per heavy atom. The fourth-order valence-electron chi connectivity index (χ4n) is 3.56. The number of carbonyl (C=O) groups is 2. The van der Waals surface area contributed by atoms with Gasteiger partial charge in [-0.3, -0.25) is 9.59 Å². The van der Waals surface area contributed by atoms with E-state index in [1.165, 1.54) is 14.0 Å². The molecule has 0 radical (unpaired) electrons. The van der Waals surface area contributed by atoms with Gasteiger partial charge in [0.15, 0.2) is 0 Å². The minimum Gasteiger partial charge on any atom is -0.496 e. The van der Waals surface area contributed by atoms with Crippen LogP contribution in [0, 0.1) is 5.92 Å². The lowest BCUT2D eigenvalue weighted by Crippen LogP contribution is -2.57. The largest absolute Gasteiger partial charge is 0.496 e. The minimum atomic E-state index is -0.233. The molecule has 3 saturated heterocycles. The number of fused-ring (bicyclic) bond motifs is 3. The molecule has 0 saturated carbocycles. The standard InChI is InChI=1S/C17H22ClN3O3/c1-10(22)19-14-8-16(24-2)12(7-13(14)18)17(23)20-15-9-21-5-3-11(15)4-6-21/h7-8,11,15H,3-6,9H2,1-2H3,(H,19,22)(H,20,23). The van der Waals surface area contributed by atoms with Gasteiger partial charge < -0.3 is 20.3 Å². The molecule has 3 aliphatic rings. The Hall–Kier alpha value is -1.79. The molecule has 0 spiro atoms. The van der Waals surface area contributed by atoms with Gasteiger partial charge in [-0.25, -0.2) is 0 Å². The maximum absolute atomic E-state index is 12.7. The number of rotatable bonds is 4. The minimum absolute atomic E-state index is 0.165. The SMILES string of the molecule is COc1cc(NC(C)=O)c(Cl)cc1C(=O)NC1CN2CCC1CC2. The number of nitrogens with one attached hydrogen (secondary N) is 2. The van der Waals surface area contributed by atoms with Crippen LogP contribution in [0.15, 0.2) is 12.1 Å². The third kappa shape index (κ3) is 3.49. The summed E-state index contributed by atoms with van der Waals surface area (Å²) in [6, 6.07) is 3.29. The summed E-state index contributed by atoms with van der Waals surface area (Å²) in [6.07, 6.45) is 2.26. The Bertz CT molecular complexity index is 657. The predicted molar refractivity (Wildman–Crippen MR) is 92.7 cm³/mol. The molecule has 3 fully saturated rings. The van der Waals surface area contributed by atoms with Crippen molar-refractivity contribution in [3.8, 4) is 5.75 Å². The van der Waals surface area contributed by atoms with Crippen LogP contribution in [0.4, 0.5) is 5.69 Å². The van der Waals surface area contributed by atoms with E-state index in [9.17, 15) is 9.59 Å². The number of hydrogen-bond donors (Lipinski definition) is 2. The average molecular weight is 352 g/mol. The van der Waals surface area contributed by atoms with Crippen molar-refractivity contribution in [2.45, 2.75) is 25.8 Å². The number of nitrogens with zero attached hydrogens (tertiary/aromatic N) is 1. The van der Waals surface area contributed by atoms with Gasteiger partial charge in [-0.15, -0.1) is 0 Å². The van der Waals surface area contributed by atoms with Gasteiger partial charge in [-0.1, -0.05) is 11.6 Å². The van der Waals surface area contributed by atoms with Crippen LogP contribution >= 0.6 is 11.6 Å². The first-order valence-electron chi connectivity index (χ1n) is 8.16. The zero-order valence-electron chi connectivity index (χ0n) is 13.9. The quantitative estimate of drug-likeness (QED) is 0.871. The number of piperidine rings is 3. The van der Waals surface area contributed by atoms with Gasteiger partial charge in [-0.05, 0) is 37.9 Å². The summed E-state index contributed by atoms with van der Waals surface area (Å²) in [7, 11) is 1.49. The summed E-state index contributed by atoms with van der Waals surface area (Å²) in [6.45, 7) is 4.54. The number of amides is 2. The Morgan fingerprint density at radius 2 is 2.00 bits per heavy atom. The highest BCUT2D eigenvalue weighted by atomic mass is 35.5. The lowest BCUT2D eigenvalue weighted by Gasteiger charge is -2.44. The molecule has 1 atom stereocenters. The summed E-state index contributed by atoms with van der Waals surface area (Å²) in [5, 5.41) is 6.06. The number of benzene rings is 1. The Morgan fingerprint density at radius 3 is 2.54 bits per heavy atom. The molecule has 1 aromatic rings. The third-order valence-corrected chi connectivity index (χ3v) is 5.13. The van der Waals surface area contributed by atoms with Crippen LogP contribution in [-0.2, 0) is 4.79 Å². The van der Waals surface area contributed by atoms with Crippen LogP contribution in [0.25, 0.3) is 0 Å². The first-order valence-corrected chi connectivity index (χ1v) is 8.54. The van der Waals surface area contributed by atoms with Crippen molar-refractivity contribution in [2.75, 3.05) is 32.1 Å². The van der Waals surface area contributed by atoms with Gasteiger partial charge in [0.05, 0.1) is 23.4 Å². The van der Waals surface area contributed by atoms with Crippen molar-refractivity contribution in [1.29, 1.82) is 0 Å². The molecule has 7 heteroatoms. The van der Waals surface area contributed by atoms with Gasteiger partial charge in [0.1, 0.15) is 5.75 Å². The monoisotopic (exact) mass is 351 g/mol. The van der Waals surface area contributed by atoms with Crippen molar-refractivity contribution >= 4 is 29.1 Å². The van der Waals surface area contributed by atoms with Crippen molar-refractivity contribution in [2.24, 2.45) is 5.92 Å². The molecule has 0 aliphatic carbocycles. The molecule has 2 amide bonds. The summed E-state index contributed by atoms with van der Waals surface area (Å²) < 4.78 is 5.31. The summed E-state index contributed by atoms with van der Waals surface area (Å²) in [5.74, 6) is 0.506. The van der Waals surface area contributed by atoms with E-state index in [-0.39, 0.29) is 17.9 Å². The molecule has 1 unspecified atom stereocenters. The lowest BCUT2D eigenvalue weighted by molar-refractivity contribution is -0.114. The van der Waals surface area contributed by atoms with Crippen molar-refractivity contribution in [1.82, 2.24) is 10.2 Å². The Labute approximate surface area is 146 Å². The fraction of sp³-hybridized carbons (Fsp3) is 0.529. The molecule has 0 aromatic heterocycles. The smallest absolute Gasteiger partial charge is 0.255 e. The van der Waals surface area contributed by atoms with E-state index in [0.717, 1.165) is 32.5 Å². The van der Waals surface area contributed by atoms with E-state index in [2.05, 4.69) is 15.5 Å². The number of ether oxygens (including phenoxy) is 1. The zero-order chi connectivity index (χ0) is 17.3. The topological polar surface area (TPSA) is 70.7 Å². The van der Waals surface area contributed by atoms with Gasteiger partial charge >= 0.3 is 0 Å². The van der Waals surface area contributed by atoms with Crippen LogP contribution < -0.4 is 15.4 Å². The Kier molecular flexibility index (Phi) is 4.96. The number of methoxy groups -OCH3 is 1. The molecule has 24 heavy (non-hydrogen) atoms. The van der Waals surface area contributed by atoms with E-state index in [1.54, 1.807) is 12.1 Å². The van der Waals surface area contributed by atoms with Crippen LogP contribution in [0.5, 0.6) is 5.75 Å². The van der Waals surface area contributed by atoms with Gasteiger partial charge in [0, 0.05) is 25.6 Å². The number of carbonyl (C=O) groups excluding carboxylic acids is 2. The maximum Gasteiger partial charge on any atom is 0.255 e. The van der Waals surface area contributed by atoms with E-state index in [0.29, 0.717) is 27.9 Å². The van der Waals surface area contributed by atoms with E-state index in [4.69, 9.17) is 16.3 Å². The third-order valence-electron chi connectivity index (χ3n) is 4.82. The number of halogens is 1. The normalized spacial score (nSPS) is 25.2. The predicted octanol–water partition coefficient (Wildman–Crippen LogP) is 2.13. The molecule has 6 nitrogen and oxygen atoms in total. The average Bonchev–Trinajstić information content (AvgIpc) is 2.57. The summed E-state index contributed by atoms with van der Waals surface area (Å²) in [4.78, 5) is 26.3. The van der Waals surface area contributed by atoms with Crippen LogP contribution in [0.1, 0.15) is 30.1 Å². The Balaban J connectivity index is 1.79.